The molecule has 276 valence electrons. The summed E-state index contributed by atoms with van der Waals surface area (Å²) >= 11 is 0. The van der Waals surface area contributed by atoms with Gasteiger partial charge in [-0.15, -0.1) is 71.8 Å². The molecule has 0 spiro atoms. The van der Waals surface area contributed by atoms with Crippen LogP contribution in [-0.2, 0) is 56.2 Å². The van der Waals surface area contributed by atoms with Crippen molar-refractivity contribution in [3.8, 4) is 57.7 Å². The van der Waals surface area contributed by atoms with E-state index in [0.717, 1.165) is 44.6 Å². The van der Waals surface area contributed by atoms with Gasteiger partial charge in [-0.25, -0.2) is 29.9 Å². The van der Waals surface area contributed by atoms with E-state index < -0.39 is 0 Å². The van der Waals surface area contributed by atoms with Gasteiger partial charge >= 0.3 is 42.1 Å². The van der Waals surface area contributed by atoms with E-state index >= 15 is 0 Å². The molecule has 10 aromatic rings. The summed E-state index contributed by atoms with van der Waals surface area (Å²) < 4.78 is 20.4. The average molecular weight is 1090 g/mol. The Labute approximate surface area is 347 Å². The van der Waals surface area contributed by atoms with Crippen molar-refractivity contribution >= 4 is 32.8 Å². The largest absolute Gasteiger partial charge is 2.00 e. The van der Waals surface area contributed by atoms with Gasteiger partial charge in [0.05, 0.1) is 11.6 Å². The second kappa shape index (κ2) is 15.0. The predicted molar refractivity (Wildman–Crippen MR) is 197 cm³/mol. The molecule has 10 rings (SSSR count). The minimum absolute atomic E-state index is 0. The molecular formula is C40H24N12O2Pt2. The first-order chi connectivity index (χ1) is 26.6. The molecule has 0 aliphatic heterocycles. The van der Waals surface area contributed by atoms with E-state index in [1.54, 1.807) is 12.4 Å². The predicted octanol–water partition coefficient (Wildman–Crippen LogP) is 6.68. The Bertz CT molecular complexity index is 2790. The topological polar surface area (TPSA) is 141 Å². The van der Waals surface area contributed by atoms with Gasteiger partial charge in [-0.2, -0.15) is 12.1 Å². The van der Waals surface area contributed by atoms with E-state index in [1.807, 2.05) is 105 Å². The first-order valence-electron chi connectivity index (χ1n) is 16.7. The average Bonchev–Trinajstić information content (AvgIpc) is 3.98. The minimum atomic E-state index is 0. The molecule has 0 bridgehead atoms. The normalized spacial score (nSPS) is 11.1. The van der Waals surface area contributed by atoms with Crippen molar-refractivity contribution in [2.45, 2.75) is 0 Å². The zero-order chi connectivity index (χ0) is 36.2. The third-order valence-electron chi connectivity index (χ3n) is 8.89. The van der Waals surface area contributed by atoms with Crippen LogP contribution in [0.2, 0.25) is 0 Å². The smallest absolute Gasteiger partial charge is 0.503 e. The monoisotopic (exact) mass is 1090 g/mol. The molecule has 6 aromatic heterocycles. The van der Waals surface area contributed by atoms with E-state index in [4.69, 9.17) is 9.47 Å². The van der Waals surface area contributed by atoms with Crippen molar-refractivity contribution in [3.05, 3.63) is 135 Å². The molecule has 16 heteroatoms. The number of ether oxygens (including phenoxy) is 2. The summed E-state index contributed by atoms with van der Waals surface area (Å²) in [5.74, 6) is 4.28. The van der Waals surface area contributed by atoms with Crippen LogP contribution in [0.25, 0.3) is 67.5 Å². The van der Waals surface area contributed by atoms with Gasteiger partial charge in [0.1, 0.15) is 25.3 Å². The molecule has 0 atom stereocenters. The molecule has 0 N–H and O–H groups in total. The van der Waals surface area contributed by atoms with E-state index in [-0.39, 0.29) is 42.1 Å². The Kier molecular flexibility index (Phi) is 9.84. The summed E-state index contributed by atoms with van der Waals surface area (Å²) in [6.07, 6.45) is 13.1. The van der Waals surface area contributed by atoms with Crippen LogP contribution in [0.3, 0.4) is 0 Å². The van der Waals surface area contributed by atoms with Gasteiger partial charge in [0.25, 0.3) is 0 Å². The van der Waals surface area contributed by atoms with Gasteiger partial charge in [-0.05, 0) is 0 Å². The number of rotatable bonds is 8. The fourth-order valence-electron chi connectivity index (χ4n) is 6.57. The third-order valence-corrected chi connectivity index (χ3v) is 8.89. The first kappa shape index (κ1) is 36.6. The van der Waals surface area contributed by atoms with Gasteiger partial charge in [-0.1, -0.05) is 33.9 Å². The summed E-state index contributed by atoms with van der Waals surface area (Å²) in [5, 5.41) is 1.62. The zero-order valence-corrected chi connectivity index (χ0v) is 33.8. The Morgan fingerprint density at radius 2 is 0.893 bits per heavy atom. The fourth-order valence-corrected chi connectivity index (χ4v) is 6.57. The molecule has 0 amide bonds. The molecule has 0 fully saturated rings. The van der Waals surface area contributed by atoms with Crippen LogP contribution < -0.4 is 9.47 Å². The van der Waals surface area contributed by atoms with E-state index in [1.165, 1.54) is 25.3 Å². The molecular weight excluding hydrogens is 1070 g/mol. The Morgan fingerprint density at radius 3 is 1.29 bits per heavy atom. The maximum atomic E-state index is 6.36. The van der Waals surface area contributed by atoms with E-state index in [9.17, 15) is 0 Å². The van der Waals surface area contributed by atoms with E-state index in [2.05, 4.69) is 64.1 Å². The van der Waals surface area contributed by atoms with Gasteiger partial charge in [0.15, 0.2) is 0 Å². The number of hydrogen-bond acceptors (Lipinski definition) is 10. The summed E-state index contributed by atoms with van der Waals surface area (Å²) in [7, 11) is 3.87. The number of imidazole rings is 2. The Balaban J connectivity index is 0.00000220. The number of aryl methyl sites for hydroxylation is 2. The van der Waals surface area contributed by atoms with Crippen LogP contribution in [-0.4, -0.2) is 58.1 Å². The standard InChI is InChI=1S/C40H24N12O2.2Pt/c1-49-15-13-43-37(49)25-5-3-7-27(17-25)53-29-9-11-31-33(19-29)51(39-45-21-41-22-46-39)36-32-12-10-30(20-34(32)52(35(31)36)40-47-23-42-24-48-40)54-28-8-4-6-26(18-28)38-44-14-16-50(38)2;;/h3-16,21-24H,1-2H3;;/q-4;2*+2. The Morgan fingerprint density at radius 1 is 0.482 bits per heavy atom. The number of fused-ring (bicyclic) bond motifs is 5. The van der Waals surface area contributed by atoms with Crippen LogP contribution in [0.15, 0.2) is 111 Å². The van der Waals surface area contributed by atoms with Gasteiger partial charge in [-0.3, -0.25) is 9.97 Å². The second-order valence-electron chi connectivity index (χ2n) is 12.2. The molecule has 56 heavy (non-hydrogen) atoms. The molecule has 14 nitrogen and oxygen atoms in total. The molecule has 0 saturated heterocycles. The van der Waals surface area contributed by atoms with Crippen LogP contribution in [0, 0.1) is 24.3 Å². The third kappa shape index (κ3) is 6.36. The van der Waals surface area contributed by atoms with Crippen molar-refractivity contribution in [1.29, 1.82) is 0 Å². The van der Waals surface area contributed by atoms with Crippen molar-refractivity contribution in [3.63, 3.8) is 0 Å². The molecule has 0 saturated carbocycles. The molecule has 0 radical (unpaired) electrons. The number of aromatic nitrogens is 12. The molecule has 0 unspecified atom stereocenters. The number of benzene rings is 4. The second-order valence-corrected chi connectivity index (χ2v) is 12.2. The summed E-state index contributed by atoms with van der Waals surface area (Å²) in [5.41, 5.74) is 4.47. The number of nitrogens with zero attached hydrogens (tertiary/aromatic N) is 12. The van der Waals surface area contributed by atoms with Crippen molar-refractivity contribution < 1.29 is 51.6 Å². The SMILES string of the molecule is Cn1ccnc1-c1[c-]c(Oc2[c-]c3c(cc2)c2c(c4ccc(Oc5[c-]c(-c6nccn6C)ccc5)[c-]c4n2-c2ncncn2)n3-c2ncncn2)ccc1.[Pt+2].[Pt+2]. The molecule has 0 aliphatic carbocycles. The summed E-state index contributed by atoms with van der Waals surface area (Å²) in [6, 6.07) is 32.7. The van der Waals surface area contributed by atoms with Crippen LogP contribution in [0.5, 0.6) is 23.0 Å². The maximum Gasteiger partial charge on any atom is 2.00 e. The minimum Gasteiger partial charge on any atom is -0.503 e. The quantitative estimate of drug-likeness (QED) is 0.152. The van der Waals surface area contributed by atoms with Crippen LogP contribution in [0.4, 0.5) is 0 Å². The van der Waals surface area contributed by atoms with Crippen molar-refractivity contribution in [2.75, 3.05) is 0 Å². The van der Waals surface area contributed by atoms with Crippen LogP contribution in [0.1, 0.15) is 0 Å². The van der Waals surface area contributed by atoms with Gasteiger partial charge in [0, 0.05) is 72.9 Å². The fraction of sp³-hybridized carbons (Fsp3) is 0.0500. The van der Waals surface area contributed by atoms with Gasteiger partial charge in [0.2, 0.25) is 11.9 Å². The summed E-state index contributed by atoms with van der Waals surface area (Å²) in [6.45, 7) is 0. The van der Waals surface area contributed by atoms with Crippen molar-refractivity contribution in [2.24, 2.45) is 14.1 Å². The first-order valence-corrected chi connectivity index (χ1v) is 16.7. The zero-order valence-electron chi connectivity index (χ0n) is 29.2. The maximum absolute atomic E-state index is 6.36. The summed E-state index contributed by atoms with van der Waals surface area (Å²) in [4.78, 5) is 35.3. The molecule has 0 aliphatic rings. The molecule has 6 heterocycles. The van der Waals surface area contributed by atoms with Gasteiger partial charge < -0.3 is 27.7 Å². The van der Waals surface area contributed by atoms with Crippen molar-refractivity contribution in [1.82, 2.24) is 58.1 Å². The molecule has 4 aromatic carbocycles. The Hall–Kier alpha value is -6.36. The van der Waals surface area contributed by atoms with Crippen LogP contribution >= 0.6 is 0 Å². The van der Waals surface area contributed by atoms with E-state index in [0.29, 0.717) is 45.9 Å². The number of hydrogen-bond donors (Lipinski definition) is 0.